The molecule has 0 aromatic heterocycles. The van der Waals surface area contributed by atoms with Gasteiger partial charge in [-0.2, -0.15) is 0 Å². The van der Waals surface area contributed by atoms with Crippen LogP contribution in [0.2, 0.25) is 0 Å². The molecule has 3 aromatic carbocycles. The number of amides is 2. The number of hydrogen-bond acceptors (Lipinski definition) is 5. The Morgan fingerprint density at radius 3 is 2.27 bits per heavy atom. The molecule has 2 amide bonds. The second kappa shape index (κ2) is 10.1. The Morgan fingerprint density at radius 2 is 1.64 bits per heavy atom. The van der Waals surface area contributed by atoms with Gasteiger partial charge in [0.1, 0.15) is 11.6 Å². The van der Waals surface area contributed by atoms with Crippen LogP contribution in [0.15, 0.2) is 77.7 Å². The monoisotopic (exact) mass is 471 g/mol. The summed E-state index contributed by atoms with van der Waals surface area (Å²) in [4.78, 5) is 24.4. The molecule has 172 valence electrons. The van der Waals surface area contributed by atoms with Crippen molar-refractivity contribution in [3.05, 3.63) is 89.7 Å². The molecule has 0 heterocycles. The number of halogens is 1. The van der Waals surface area contributed by atoms with E-state index >= 15 is 0 Å². The fourth-order valence-corrected chi connectivity index (χ4v) is 4.16. The number of hydrazine groups is 1. The van der Waals surface area contributed by atoms with Gasteiger partial charge in [-0.15, -0.1) is 0 Å². The number of ether oxygens (including phenoxy) is 1. The number of rotatable bonds is 7. The molecule has 0 unspecified atom stereocenters. The van der Waals surface area contributed by atoms with Gasteiger partial charge in [0, 0.05) is 12.6 Å². The predicted molar refractivity (Wildman–Crippen MR) is 121 cm³/mol. The van der Waals surface area contributed by atoms with Crippen molar-refractivity contribution >= 4 is 27.5 Å². The third kappa shape index (κ3) is 5.86. The first-order chi connectivity index (χ1) is 15.7. The minimum absolute atomic E-state index is 0.0429. The quantitative estimate of drug-likeness (QED) is 0.516. The van der Waals surface area contributed by atoms with Crippen LogP contribution in [0.5, 0.6) is 5.75 Å². The van der Waals surface area contributed by atoms with Gasteiger partial charge in [-0.3, -0.25) is 24.7 Å². The van der Waals surface area contributed by atoms with Crippen molar-refractivity contribution in [3.63, 3.8) is 0 Å². The Kier molecular flexibility index (Phi) is 7.29. The summed E-state index contributed by atoms with van der Waals surface area (Å²) in [5.74, 6) is -1.03. The maximum Gasteiger partial charge on any atom is 0.269 e. The second-order valence-corrected chi connectivity index (χ2v) is 8.97. The number of methoxy groups -OCH3 is 1. The Hall–Kier alpha value is -3.92. The van der Waals surface area contributed by atoms with Crippen LogP contribution >= 0.6 is 0 Å². The fraction of sp³-hybridized carbons (Fsp3) is 0.130. The number of benzene rings is 3. The van der Waals surface area contributed by atoms with Crippen molar-refractivity contribution in [1.29, 1.82) is 0 Å². The molecule has 3 rings (SSSR count). The number of carbonyl (C=O) groups excluding carboxylic acids is 2. The zero-order valence-corrected chi connectivity index (χ0v) is 18.7. The molecule has 0 aliphatic rings. The summed E-state index contributed by atoms with van der Waals surface area (Å²) in [5.41, 5.74) is 5.53. The fourth-order valence-electron chi connectivity index (χ4n) is 2.92. The Bertz CT molecular complexity index is 1250. The molecule has 0 fully saturated rings. The van der Waals surface area contributed by atoms with Crippen molar-refractivity contribution in [2.24, 2.45) is 0 Å². The van der Waals surface area contributed by atoms with Gasteiger partial charge in [-0.25, -0.2) is 12.8 Å². The van der Waals surface area contributed by atoms with Crippen LogP contribution in [0.3, 0.4) is 0 Å². The van der Waals surface area contributed by atoms with E-state index in [0.29, 0.717) is 17.0 Å². The van der Waals surface area contributed by atoms with Gasteiger partial charge in [-0.05, 0) is 60.2 Å². The van der Waals surface area contributed by atoms with Crippen molar-refractivity contribution in [3.8, 4) is 5.75 Å². The minimum atomic E-state index is -3.95. The van der Waals surface area contributed by atoms with Crippen molar-refractivity contribution in [1.82, 2.24) is 10.9 Å². The van der Waals surface area contributed by atoms with Crippen molar-refractivity contribution in [2.45, 2.75) is 11.3 Å². The SMILES string of the molecule is COc1ccc(N(C)S(=O)(=O)c2cccc(C(=O)NNC(=O)Cc3ccc(F)cc3)c2)cc1. The second-order valence-electron chi connectivity index (χ2n) is 7.00. The number of anilines is 1. The number of nitrogens with one attached hydrogen (secondary N) is 2. The standard InChI is InChI=1S/C23H22FN3O5S/c1-27(19-10-12-20(32-2)13-11-19)33(30,31)21-5-3-4-17(15-21)23(29)26-25-22(28)14-16-6-8-18(24)9-7-16/h3-13,15H,14H2,1-2H3,(H,25,28)(H,26,29). The highest BCUT2D eigenvalue weighted by molar-refractivity contribution is 7.92. The highest BCUT2D eigenvalue weighted by Crippen LogP contribution is 2.24. The van der Waals surface area contributed by atoms with Crippen molar-refractivity contribution < 1.29 is 27.1 Å². The molecule has 0 atom stereocenters. The van der Waals surface area contributed by atoms with Crippen LogP contribution in [0.4, 0.5) is 10.1 Å². The third-order valence-corrected chi connectivity index (χ3v) is 6.57. The first kappa shape index (κ1) is 23.7. The molecule has 0 radical (unpaired) electrons. The van der Waals surface area contributed by atoms with Gasteiger partial charge in [0.15, 0.2) is 0 Å². The summed E-state index contributed by atoms with van der Waals surface area (Å²) in [7, 11) is -1.04. The predicted octanol–water partition coefficient (Wildman–Crippen LogP) is 2.66. The smallest absolute Gasteiger partial charge is 0.269 e. The first-order valence-corrected chi connectivity index (χ1v) is 11.2. The molecule has 0 aliphatic heterocycles. The molecule has 10 heteroatoms. The summed E-state index contributed by atoms with van der Waals surface area (Å²) in [6, 6.07) is 17.3. The summed E-state index contributed by atoms with van der Waals surface area (Å²) >= 11 is 0. The highest BCUT2D eigenvalue weighted by Gasteiger charge is 2.22. The zero-order chi connectivity index (χ0) is 24.0. The van der Waals surface area contributed by atoms with E-state index in [9.17, 15) is 22.4 Å². The molecule has 0 saturated heterocycles. The van der Waals surface area contributed by atoms with Crippen LogP contribution in [-0.2, 0) is 21.2 Å². The molecule has 3 aromatic rings. The van der Waals surface area contributed by atoms with Gasteiger partial charge in [0.2, 0.25) is 5.91 Å². The van der Waals surface area contributed by atoms with E-state index in [0.717, 1.165) is 4.31 Å². The van der Waals surface area contributed by atoms with Crippen LogP contribution in [0.1, 0.15) is 15.9 Å². The topological polar surface area (TPSA) is 105 Å². The molecule has 8 nitrogen and oxygen atoms in total. The molecule has 33 heavy (non-hydrogen) atoms. The Morgan fingerprint density at radius 1 is 0.970 bits per heavy atom. The Labute approximate surface area is 191 Å². The summed E-state index contributed by atoms with van der Waals surface area (Å²) < 4.78 is 45.2. The summed E-state index contributed by atoms with van der Waals surface area (Å²) in [5, 5.41) is 0. The maximum absolute atomic E-state index is 13.0. The molecule has 0 bridgehead atoms. The molecular formula is C23H22FN3O5S. The lowest BCUT2D eigenvalue weighted by molar-refractivity contribution is -0.121. The number of nitrogens with zero attached hydrogens (tertiary/aromatic N) is 1. The summed E-state index contributed by atoms with van der Waals surface area (Å²) in [6.07, 6.45) is -0.0678. The van der Waals surface area contributed by atoms with Gasteiger partial charge in [0.05, 0.1) is 24.1 Å². The number of sulfonamides is 1. The van der Waals surface area contributed by atoms with E-state index in [1.165, 1.54) is 62.7 Å². The molecule has 0 aliphatic carbocycles. The van der Waals surface area contributed by atoms with Crippen LogP contribution in [-0.4, -0.2) is 34.4 Å². The number of hydrogen-bond donors (Lipinski definition) is 2. The minimum Gasteiger partial charge on any atom is -0.497 e. The normalized spacial score (nSPS) is 10.9. The third-order valence-electron chi connectivity index (χ3n) is 4.78. The molecule has 0 spiro atoms. The lowest BCUT2D eigenvalue weighted by atomic mass is 10.1. The van der Waals surface area contributed by atoms with Crippen molar-refractivity contribution in [2.75, 3.05) is 18.5 Å². The average Bonchev–Trinajstić information content (AvgIpc) is 2.83. The van der Waals surface area contributed by atoms with E-state index < -0.39 is 27.7 Å². The first-order valence-electron chi connectivity index (χ1n) is 9.77. The maximum atomic E-state index is 13.0. The van der Waals surface area contributed by atoms with Crippen LogP contribution in [0.25, 0.3) is 0 Å². The van der Waals surface area contributed by atoms with Crippen LogP contribution in [0, 0.1) is 5.82 Å². The lowest BCUT2D eigenvalue weighted by Gasteiger charge is -2.20. The van der Waals surface area contributed by atoms with Gasteiger partial charge in [-0.1, -0.05) is 18.2 Å². The average molecular weight is 472 g/mol. The van der Waals surface area contributed by atoms with E-state index in [-0.39, 0.29) is 16.9 Å². The summed E-state index contributed by atoms with van der Waals surface area (Å²) in [6.45, 7) is 0. The van der Waals surface area contributed by atoms with E-state index in [1.807, 2.05) is 0 Å². The van der Waals surface area contributed by atoms with E-state index in [2.05, 4.69) is 10.9 Å². The largest absolute Gasteiger partial charge is 0.497 e. The highest BCUT2D eigenvalue weighted by atomic mass is 32.2. The van der Waals surface area contributed by atoms with Gasteiger partial charge >= 0.3 is 0 Å². The molecule has 2 N–H and O–H groups in total. The lowest BCUT2D eigenvalue weighted by Crippen LogP contribution is -2.42. The van der Waals surface area contributed by atoms with Gasteiger partial charge < -0.3 is 4.74 Å². The molecule has 0 saturated carbocycles. The Balaban J connectivity index is 1.67. The van der Waals surface area contributed by atoms with Gasteiger partial charge in [0.25, 0.3) is 15.9 Å². The van der Waals surface area contributed by atoms with Crippen LogP contribution < -0.4 is 19.9 Å². The zero-order valence-electron chi connectivity index (χ0n) is 17.9. The van der Waals surface area contributed by atoms with E-state index in [4.69, 9.17) is 4.74 Å². The van der Waals surface area contributed by atoms with E-state index in [1.54, 1.807) is 24.3 Å². The molecular weight excluding hydrogens is 449 g/mol. The number of carbonyl (C=O) groups is 2.